The summed E-state index contributed by atoms with van der Waals surface area (Å²) in [5, 5.41) is 8.87. The van der Waals surface area contributed by atoms with Gasteiger partial charge in [-0.05, 0) is 30.4 Å². The molecule has 0 bridgehead atoms. The van der Waals surface area contributed by atoms with Gasteiger partial charge in [0.1, 0.15) is 4.90 Å². The number of benzene rings is 1. The van der Waals surface area contributed by atoms with Crippen molar-refractivity contribution >= 4 is 31.9 Å². The lowest BCUT2D eigenvalue weighted by molar-refractivity contribution is 0.0691. The van der Waals surface area contributed by atoms with Crippen molar-refractivity contribution in [3.05, 3.63) is 28.0 Å². The van der Waals surface area contributed by atoms with Crippen LogP contribution in [0.4, 0.5) is 4.39 Å². The van der Waals surface area contributed by atoms with Crippen molar-refractivity contribution in [3.8, 4) is 0 Å². The molecule has 1 aliphatic rings. The van der Waals surface area contributed by atoms with E-state index in [9.17, 15) is 17.6 Å². The molecule has 1 aromatic carbocycles. The minimum absolute atomic E-state index is 0.0782. The van der Waals surface area contributed by atoms with E-state index in [1.165, 1.54) is 0 Å². The molecule has 0 aromatic heterocycles. The average Bonchev–Trinajstić information content (AvgIpc) is 3.08. The summed E-state index contributed by atoms with van der Waals surface area (Å²) in [7, 11) is -4.08. The third-order valence-electron chi connectivity index (χ3n) is 3.32. The first-order valence-corrected chi connectivity index (χ1v) is 8.14. The van der Waals surface area contributed by atoms with Gasteiger partial charge < -0.3 is 5.11 Å². The Morgan fingerprint density at radius 1 is 1.50 bits per heavy atom. The smallest absolute Gasteiger partial charge is 0.338 e. The molecule has 0 saturated heterocycles. The van der Waals surface area contributed by atoms with E-state index >= 15 is 0 Å². The van der Waals surface area contributed by atoms with Crippen LogP contribution in [0.15, 0.2) is 21.5 Å². The van der Waals surface area contributed by atoms with Gasteiger partial charge in [-0.1, -0.05) is 22.9 Å². The molecule has 0 amide bonds. The van der Waals surface area contributed by atoms with Crippen molar-refractivity contribution < 1.29 is 22.7 Å². The van der Waals surface area contributed by atoms with Crippen LogP contribution in [0.3, 0.4) is 0 Å². The van der Waals surface area contributed by atoms with E-state index in [2.05, 4.69) is 20.7 Å². The molecule has 110 valence electrons. The minimum atomic E-state index is -4.08. The number of nitrogens with one attached hydrogen (secondary N) is 1. The second-order valence-corrected chi connectivity index (χ2v) is 7.86. The molecule has 0 atom stereocenters. The van der Waals surface area contributed by atoms with E-state index in [4.69, 9.17) is 5.11 Å². The number of carboxylic acids is 1. The normalized spacial score (nSPS) is 16.9. The topological polar surface area (TPSA) is 83.5 Å². The van der Waals surface area contributed by atoms with Crippen LogP contribution in [0.25, 0.3) is 0 Å². The summed E-state index contributed by atoms with van der Waals surface area (Å²) in [4.78, 5) is 10.2. The van der Waals surface area contributed by atoms with Gasteiger partial charge in [0.25, 0.3) is 0 Å². The van der Waals surface area contributed by atoms with Crippen LogP contribution < -0.4 is 4.72 Å². The molecule has 5 nitrogen and oxygen atoms in total. The standard InChI is InChI=1S/C12H13BrFNO4S/c1-12(2-3-12)6-15-20(18,19)9-5-7(13)4-8(10(9)14)11(16)17/h4-5,15H,2-3,6H2,1H3,(H,16,17). The highest BCUT2D eigenvalue weighted by molar-refractivity contribution is 9.10. The molecule has 2 rings (SSSR count). The predicted molar refractivity (Wildman–Crippen MR) is 73.6 cm³/mol. The van der Waals surface area contributed by atoms with Crippen molar-refractivity contribution in [2.45, 2.75) is 24.7 Å². The van der Waals surface area contributed by atoms with E-state index in [1.54, 1.807) is 0 Å². The first-order chi connectivity index (χ1) is 9.15. The molecule has 0 radical (unpaired) electrons. The van der Waals surface area contributed by atoms with Gasteiger partial charge in [0.15, 0.2) is 5.82 Å². The molecule has 1 fully saturated rings. The number of aromatic carboxylic acids is 1. The molecule has 0 spiro atoms. The number of sulfonamides is 1. The van der Waals surface area contributed by atoms with Crippen molar-refractivity contribution in [3.63, 3.8) is 0 Å². The van der Waals surface area contributed by atoms with Crippen LogP contribution in [0.1, 0.15) is 30.1 Å². The lowest BCUT2D eigenvalue weighted by Crippen LogP contribution is -2.30. The van der Waals surface area contributed by atoms with Gasteiger partial charge in [-0.2, -0.15) is 0 Å². The third kappa shape index (κ3) is 3.18. The Hall–Kier alpha value is -0.990. The Labute approximate surface area is 124 Å². The molecule has 2 N–H and O–H groups in total. The highest BCUT2D eigenvalue weighted by Gasteiger charge is 2.38. The van der Waals surface area contributed by atoms with E-state index in [0.717, 1.165) is 25.0 Å². The van der Waals surface area contributed by atoms with E-state index in [1.807, 2.05) is 6.92 Å². The summed E-state index contributed by atoms with van der Waals surface area (Å²) in [6.45, 7) is 2.14. The second-order valence-electron chi connectivity index (χ2n) is 5.21. The van der Waals surface area contributed by atoms with Gasteiger partial charge in [-0.25, -0.2) is 22.3 Å². The minimum Gasteiger partial charge on any atom is -0.478 e. The number of hydrogen-bond donors (Lipinski definition) is 2. The van der Waals surface area contributed by atoms with Crippen LogP contribution >= 0.6 is 15.9 Å². The van der Waals surface area contributed by atoms with E-state index < -0.39 is 32.3 Å². The summed E-state index contributed by atoms with van der Waals surface area (Å²) in [5.74, 6) is -2.77. The van der Waals surface area contributed by atoms with Gasteiger partial charge in [0.2, 0.25) is 10.0 Å². The maximum atomic E-state index is 14.0. The van der Waals surface area contributed by atoms with Crippen LogP contribution in [-0.2, 0) is 10.0 Å². The van der Waals surface area contributed by atoms with E-state index in [0.29, 0.717) is 0 Å². The van der Waals surface area contributed by atoms with Crippen LogP contribution in [0, 0.1) is 11.2 Å². The summed E-state index contributed by atoms with van der Waals surface area (Å²) < 4.78 is 40.7. The summed E-state index contributed by atoms with van der Waals surface area (Å²) in [6.07, 6.45) is 1.83. The molecular weight excluding hydrogens is 353 g/mol. The van der Waals surface area contributed by atoms with Crippen LogP contribution in [0.5, 0.6) is 0 Å². The van der Waals surface area contributed by atoms with Crippen molar-refractivity contribution in [1.29, 1.82) is 0 Å². The zero-order valence-corrected chi connectivity index (χ0v) is 13.0. The molecule has 0 unspecified atom stereocenters. The second kappa shape index (κ2) is 5.09. The van der Waals surface area contributed by atoms with Gasteiger partial charge in [0.05, 0.1) is 5.56 Å². The fourth-order valence-corrected chi connectivity index (χ4v) is 3.58. The summed E-state index contributed by atoms with van der Waals surface area (Å²) in [6, 6.07) is 2.08. The molecule has 1 saturated carbocycles. The number of halogens is 2. The first kappa shape index (κ1) is 15.4. The predicted octanol–water partition coefficient (Wildman–Crippen LogP) is 2.36. The molecule has 1 aliphatic carbocycles. The zero-order chi connectivity index (χ0) is 15.1. The maximum Gasteiger partial charge on any atom is 0.338 e. The summed E-state index contributed by atoms with van der Waals surface area (Å²) in [5.41, 5.74) is -0.761. The van der Waals surface area contributed by atoms with Crippen LogP contribution in [0.2, 0.25) is 0 Å². The zero-order valence-electron chi connectivity index (χ0n) is 10.6. The highest BCUT2D eigenvalue weighted by atomic mass is 79.9. The average molecular weight is 366 g/mol. The molecule has 8 heteroatoms. The number of carboxylic acid groups (broad SMARTS) is 1. The fourth-order valence-electron chi connectivity index (χ4n) is 1.65. The molecule has 20 heavy (non-hydrogen) atoms. The lowest BCUT2D eigenvalue weighted by atomic mass is 10.2. The highest BCUT2D eigenvalue weighted by Crippen LogP contribution is 2.44. The lowest BCUT2D eigenvalue weighted by Gasteiger charge is -2.12. The monoisotopic (exact) mass is 365 g/mol. The maximum absolute atomic E-state index is 14.0. The Balaban J connectivity index is 2.37. The Bertz CT molecular complexity index is 670. The van der Waals surface area contributed by atoms with E-state index in [-0.39, 0.29) is 16.4 Å². The van der Waals surface area contributed by atoms with Crippen molar-refractivity contribution in [1.82, 2.24) is 4.72 Å². The number of rotatable bonds is 5. The van der Waals surface area contributed by atoms with Crippen LogP contribution in [-0.4, -0.2) is 26.0 Å². The molecule has 1 aromatic rings. The fraction of sp³-hybridized carbons (Fsp3) is 0.417. The van der Waals surface area contributed by atoms with Gasteiger partial charge in [-0.3, -0.25) is 0 Å². The Kier molecular flexibility index (Phi) is 3.92. The molecule has 0 aliphatic heterocycles. The number of carbonyl (C=O) groups is 1. The van der Waals surface area contributed by atoms with Crippen molar-refractivity contribution in [2.75, 3.05) is 6.54 Å². The molecule has 0 heterocycles. The van der Waals surface area contributed by atoms with Crippen molar-refractivity contribution in [2.24, 2.45) is 5.41 Å². The SMILES string of the molecule is CC1(CNS(=O)(=O)c2cc(Br)cc(C(=O)O)c2F)CC1. The first-order valence-electron chi connectivity index (χ1n) is 5.87. The Morgan fingerprint density at radius 2 is 2.10 bits per heavy atom. The molecular formula is C12H13BrFNO4S. The third-order valence-corrected chi connectivity index (χ3v) is 5.17. The summed E-state index contributed by atoms with van der Waals surface area (Å²) >= 11 is 2.99. The van der Waals surface area contributed by atoms with Gasteiger partial charge in [0, 0.05) is 11.0 Å². The largest absolute Gasteiger partial charge is 0.478 e. The van der Waals surface area contributed by atoms with Gasteiger partial charge in [-0.15, -0.1) is 0 Å². The van der Waals surface area contributed by atoms with Gasteiger partial charge >= 0.3 is 5.97 Å². The number of hydrogen-bond acceptors (Lipinski definition) is 3. The quantitative estimate of drug-likeness (QED) is 0.838. The Morgan fingerprint density at radius 3 is 2.60 bits per heavy atom.